The molecule has 0 aromatic carbocycles. The maximum Gasteiger partial charge on any atom is 0.248 e. The van der Waals surface area contributed by atoms with E-state index in [9.17, 15) is 4.79 Å². The van der Waals surface area contributed by atoms with E-state index in [4.69, 9.17) is 4.84 Å². The lowest BCUT2D eigenvalue weighted by molar-refractivity contribution is -0.246. The van der Waals surface area contributed by atoms with E-state index >= 15 is 0 Å². The molecule has 0 aromatic rings. The topological polar surface area (TPSA) is 29.5 Å². The van der Waals surface area contributed by atoms with E-state index in [0.717, 1.165) is 6.54 Å². The zero-order chi connectivity index (χ0) is 7.78. The molecule has 0 spiro atoms. The summed E-state index contributed by atoms with van der Waals surface area (Å²) < 4.78 is 0. The van der Waals surface area contributed by atoms with Crippen LogP contribution in [-0.4, -0.2) is 23.1 Å². The molecule has 3 nitrogen and oxygen atoms in total. The normalized spacial score (nSPS) is 19.1. The highest BCUT2D eigenvalue weighted by molar-refractivity contribution is 5.80. The van der Waals surface area contributed by atoms with Crippen LogP contribution in [0.15, 0.2) is 0 Å². The summed E-state index contributed by atoms with van der Waals surface area (Å²) in [4.78, 5) is 16.0. The van der Waals surface area contributed by atoms with E-state index in [0.29, 0.717) is 6.42 Å². The van der Waals surface area contributed by atoms with E-state index in [2.05, 4.69) is 0 Å². The summed E-state index contributed by atoms with van der Waals surface area (Å²) in [5, 5.41) is 1.42. The third kappa shape index (κ3) is 1.70. The molecule has 1 fully saturated rings. The Morgan fingerprint density at radius 1 is 1.50 bits per heavy atom. The fourth-order valence-corrected chi connectivity index (χ4v) is 0.722. The standard InChI is InChI=1S/C7H13NO2/c1-7(2,3)10-8-5-4-6(8)9/h4-5H2,1-3H3. The molecular weight excluding hydrogens is 130 g/mol. The number of amides is 1. The first-order valence-corrected chi connectivity index (χ1v) is 3.48. The molecule has 0 atom stereocenters. The summed E-state index contributed by atoms with van der Waals surface area (Å²) in [5.74, 6) is 0.0925. The Kier molecular flexibility index (Phi) is 1.68. The molecule has 0 N–H and O–H groups in total. The third-order valence-electron chi connectivity index (χ3n) is 1.19. The second-order valence-electron chi connectivity index (χ2n) is 3.45. The molecule has 1 amide bonds. The van der Waals surface area contributed by atoms with Crippen molar-refractivity contribution in [1.29, 1.82) is 0 Å². The van der Waals surface area contributed by atoms with E-state index < -0.39 is 0 Å². The minimum atomic E-state index is -0.240. The van der Waals surface area contributed by atoms with Gasteiger partial charge in [0.25, 0.3) is 0 Å². The minimum absolute atomic E-state index is 0.0925. The molecule has 0 saturated carbocycles. The molecule has 3 heteroatoms. The van der Waals surface area contributed by atoms with Gasteiger partial charge in [-0.2, -0.15) is 0 Å². The Labute approximate surface area is 60.9 Å². The third-order valence-corrected chi connectivity index (χ3v) is 1.19. The van der Waals surface area contributed by atoms with Crippen molar-refractivity contribution in [2.24, 2.45) is 0 Å². The molecule has 0 bridgehead atoms. The molecule has 0 radical (unpaired) electrons. The second kappa shape index (κ2) is 2.23. The Morgan fingerprint density at radius 3 is 2.20 bits per heavy atom. The van der Waals surface area contributed by atoms with Crippen molar-refractivity contribution in [3.8, 4) is 0 Å². The van der Waals surface area contributed by atoms with Crippen LogP contribution in [0.5, 0.6) is 0 Å². The number of nitrogens with zero attached hydrogens (tertiary/aromatic N) is 1. The smallest absolute Gasteiger partial charge is 0.248 e. The number of β-lactam (4-membered cyclic amide) rings is 1. The molecule has 1 heterocycles. The van der Waals surface area contributed by atoms with Crippen LogP contribution < -0.4 is 0 Å². The van der Waals surface area contributed by atoms with Crippen molar-refractivity contribution < 1.29 is 9.63 Å². The lowest BCUT2D eigenvalue weighted by Gasteiger charge is -2.35. The van der Waals surface area contributed by atoms with Crippen LogP contribution in [0.1, 0.15) is 27.2 Å². The van der Waals surface area contributed by atoms with E-state index in [-0.39, 0.29) is 11.5 Å². The van der Waals surface area contributed by atoms with Gasteiger partial charge in [-0.05, 0) is 20.8 Å². The van der Waals surface area contributed by atoms with Crippen molar-refractivity contribution >= 4 is 5.91 Å². The van der Waals surface area contributed by atoms with Crippen LogP contribution in [0.4, 0.5) is 0 Å². The summed E-state index contributed by atoms with van der Waals surface area (Å²) >= 11 is 0. The summed E-state index contributed by atoms with van der Waals surface area (Å²) in [6.45, 7) is 6.53. The summed E-state index contributed by atoms with van der Waals surface area (Å²) in [6, 6.07) is 0. The van der Waals surface area contributed by atoms with Gasteiger partial charge in [-0.25, -0.2) is 5.06 Å². The summed E-state index contributed by atoms with van der Waals surface area (Å²) in [7, 11) is 0. The van der Waals surface area contributed by atoms with Gasteiger partial charge < -0.3 is 0 Å². The monoisotopic (exact) mass is 143 g/mol. The van der Waals surface area contributed by atoms with Crippen LogP contribution in [-0.2, 0) is 9.63 Å². The quantitative estimate of drug-likeness (QED) is 0.511. The zero-order valence-corrected chi connectivity index (χ0v) is 6.68. The van der Waals surface area contributed by atoms with E-state index in [1.807, 2.05) is 20.8 Å². The van der Waals surface area contributed by atoms with Gasteiger partial charge in [-0.1, -0.05) is 0 Å². The van der Waals surface area contributed by atoms with Crippen molar-refractivity contribution in [1.82, 2.24) is 5.06 Å². The molecular formula is C7H13NO2. The maximum absolute atomic E-state index is 10.7. The highest BCUT2D eigenvalue weighted by atomic mass is 16.7. The Balaban J connectivity index is 2.32. The van der Waals surface area contributed by atoms with Crippen molar-refractivity contribution in [2.45, 2.75) is 32.8 Å². The van der Waals surface area contributed by atoms with E-state index in [1.54, 1.807) is 0 Å². The molecule has 1 saturated heterocycles. The van der Waals surface area contributed by atoms with Gasteiger partial charge in [-0.3, -0.25) is 9.63 Å². The first-order chi connectivity index (χ1) is 4.49. The predicted octanol–water partition coefficient (Wildman–Crippen LogP) is 0.949. The van der Waals surface area contributed by atoms with Crippen LogP contribution >= 0.6 is 0 Å². The molecule has 1 aliphatic rings. The average Bonchev–Trinajstić information content (AvgIpc) is 1.78. The van der Waals surface area contributed by atoms with Gasteiger partial charge in [-0.15, -0.1) is 0 Å². The Hall–Kier alpha value is -0.570. The Bertz CT molecular complexity index is 148. The van der Waals surface area contributed by atoms with Gasteiger partial charge in [0.05, 0.1) is 12.1 Å². The van der Waals surface area contributed by atoms with Gasteiger partial charge in [0.2, 0.25) is 5.91 Å². The first-order valence-electron chi connectivity index (χ1n) is 3.48. The lowest BCUT2D eigenvalue weighted by Crippen LogP contribution is -2.47. The van der Waals surface area contributed by atoms with Crippen molar-refractivity contribution in [3.63, 3.8) is 0 Å². The fourth-order valence-electron chi connectivity index (χ4n) is 0.722. The SMILES string of the molecule is CC(C)(C)ON1CCC1=O. The molecule has 1 rings (SSSR count). The predicted molar refractivity (Wildman–Crippen MR) is 37.2 cm³/mol. The number of hydroxylamine groups is 2. The highest BCUT2D eigenvalue weighted by Gasteiger charge is 2.28. The Morgan fingerprint density at radius 2 is 2.10 bits per heavy atom. The number of hydrogen-bond donors (Lipinski definition) is 0. The average molecular weight is 143 g/mol. The second-order valence-corrected chi connectivity index (χ2v) is 3.45. The lowest BCUT2D eigenvalue weighted by atomic mass is 10.2. The van der Waals surface area contributed by atoms with Crippen molar-refractivity contribution in [2.75, 3.05) is 6.54 Å². The largest absolute Gasteiger partial charge is 0.273 e. The van der Waals surface area contributed by atoms with Gasteiger partial charge in [0.1, 0.15) is 0 Å². The van der Waals surface area contributed by atoms with Crippen LogP contribution in [0, 0.1) is 0 Å². The number of carbonyl (C=O) groups excluding carboxylic acids is 1. The number of rotatable bonds is 1. The summed E-state index contributed by atoms with van der Waals surface area (Å²) in [6.07, 6.45) is 0.635. The zero-order valence-electron chi connectivity index (χ0n) is 6.68. The fraction of sp³-hybridized carbons (Fsp3) is 0.857. The molecule has 0 aliphatic carbocycles. The van der Waals surface area contributed by atoms with Gasteiger partial charge in [0, 0.05) is 6.42 Å². The molecule has 1 aliphatic heterocycles. The van der Waals surface area contributed by atoms with Crippen LogP contribution in [0.2, 0.25) is 0 Å². The van der Waals surface area contributed by atoms with E-state index in [1.165, 1.54) is 5.06 Å². The molecule has 0 aromatic heterocycles. The molecule has 10 heavy (non-hydrogen) atoms. The van der Waals surface area contributed by atoms with Gasteiger partial charge in [0.15, 0.2) is 0 Å². The molecule has 0 unspecified atom stereocenters. The van der Waals surface area contributed by atoms with Crippen LogP contribution in [0.25, 0.3) is 0 Å². The summed E-state index contributed by atoms with van der Waals surface area (Å²) in [5.41, 5.74) is -0.240. The van der Waals surface area contributed by atoms with Crippen molar-refractivity contribution in [3.05, 3.63) is 0 Å². The number of hydrogen-bond acceptors (Lipinski definition) is 2. The number of carbonyl (C=O) groups is 1. The minimum Gasteiger partial charge on any atom is -0.273 e. The van der Waals surface area contributed by atoms with Gasteiger partial charge >= 0.3 is 0 Å². The van der Waals surface area contributed by atoms with Crippen LogP contribution in [0.3, 0.4) is 0 Å². The molecule has 58 valence electrons. The highest BCUT2D eigenvalue weighted by Crippen LogP contribution is 2.16. The maximum atomic E-state index is 10.7. The first kappa shape index (κ1) is 7.54.